The molecule has 0 amide bonds. The number of para-hydroxylation sites is 1. The molecule has 0 atom stereocenters. The summed E-state index contributed by atoms with van der Waals surface area (Å²) in [5.41, 5.74) is 3.83. The van der Waals surface area contributed by atoms with Crippen LogP contribution in [0.1, 0.15) is 25.1 Å². The SMILES string of the molecule is CCNC(=NCCc1c(C)[nH]c2ccccc12)NCC. The molecule has 3 N–H and O–H groups in total. The minimum absolute atomic E-state index is 0.790. The second-order valence-corrected chi connectivity index (χ2v) is 4.82. The number of aromatic nitrogens is 1. The van der Waals surface area contributed by atoms with E-state index in [0.29, 0.717) is 0 Å². The minimum Gasteiger partial charge on any atom is -0.358 e. The summed E-state index contributed by atoms with van der Waals surface area (Å²) in [6.07, 6.45) is 0.954. The van der Waals surface area contributed by atoms with E-state index < -0.39 is 0 Å². The Morgan fingerprint density at radius 1 is 1.15 bits per heavy atom. The zero-order valence-electron chi connectivity index (χ0n) is 12.6. The first-order chi connectivity index (χ1) is 9.76. The van der Waals surface area contributed by atoms with Crippen LogP contribution >= 0.6 is 0 Å². The number of hydrogen-bond donors (Lipinski definition) is 3. The van der Waals surface area contributed by atoms with E-state index in [1.165, 1.54) is 22.2 Å². The van der Waals surface area contributed by atoms with Gasteiger partial charge in [0.2, 0.25) is 0 Å². The summed E-state index contributed by atoms with van der Waals surface area (Å²) < 4.78 is 0. The van der Waals surface area contributed by atoms with Crippen molar-refractivity contribution in [3.05, 3.63) is 35.5 Å². The molecule has 0 saturated carbocycles. The molecule has 0 aliphatic carbocycles. The second-order valence-electron chi connectivity index (χ2n) is 4.82. The number of rotatable bonds is 5. The van der Waals surface area contributed by atoms with Crippen LogP contribution in [0.25, 0.3) is 10.9 Å². The van der Waals surface area contributed by atoms with Crippen molar-refractivity contribution in [3.8, 4) is 0 Å². The number of nitrogens with zero attached hydrogens (tertiary/aromatic N) is 1. The first kappa shape index (κ1) is 14.4. The van der Waals surface area contributed by atoms with Crippen molar-refractivity contribution >= 4 is 16.9 Å². The molecule has 1 aromatic carbocycles. The van der Waals surface area contributed by atoms with Gasteiger partial charge in [-0.25, -0.2) is 0 Å². The molecule has 0 bridgehead atoms. The Hall–Kier alpha value is -1.97. The Kier molecular flexibility index (Phi) is 5.04. The van der Waals surface area contributed by atoms with Crippen LogP contribution in [0.15, 0.2) is 29.3 Å². The van der Waals surface area contributed by atoms with Crippen LogP contribution in [0, 0.1) is 6.92 Å². The van der Waals surface area contributed by atoms with E-state index in [0.717, 1.165) is 32.0 Å². The third kappa shape index (κ3) is 3.32. The zero-order valence-corrected chi connectivity index (χ0v) is 12.6. The Bertz CT molecular complexity index is 575. The van der Waals surface area contributed by atoms with Crippen molar-refractivity contribution in [2.45, 2.75) is 27.2 Å². The van der Waals surface area contributed by atoms with Gasteiger partial charge in [-0.05, 0) is 38.8 Å². The smallest absolute Gasteiger partial charge is 0.191 e. The van der Waals surface area contributed by atoms with Gasteiger partial charge in [0.25, 0.3) is 0 Å². The number of fused-ring (bicyclic) bond motifs is 1. The predicted molar refractivity (Wildman–Crippen MR) is 86.4 cm³/mol. The second kappa shape index (κ2) is 6.98. The fraction of sp³-hybridized carbons (Fsp3) is 0.438. The lowest BCUT2D eigenvalue weighted by Crippen LogP contribution is -2.37. The van der Waals surface area contributed by atoms with Gasteiger partial charge >= 0.3 is 0 Å². The van der Waals surface area contributed by atoms with Crippen LogP contribution in [-0.2, 0) is 6.42 Å². The molecule has 4 nitrogen and oxygen atoms in total. The van der Waals surface area contributed by atoms with Crippen LogP contribution in [0.2, 0.25) is 0 Å². The first-order valence-corrected chi connectivity index (χ1v) is 7.34. The van der Waals surface area contributed by atoms with Gasteiger partial charge in [-0.3, -0.25) is 4.99 Å². The molecule has 1 heterocycles. The lowest BCUT2D eigenvalue weighted by atomic mass is 10.1. The number of nitrogens with one attached hydrogen (secondary N) is 3. The van der Waals surface area contributed by atoms with Gasteiger partial charge in [0.15, 0.2) is 5.96 Å². The molecule has 0 spiro atoms. The van der Waals surface area contributed by atoms with Crippen molar-refractivity contribution in [1.29, 1.82) is 0 Å². The highest BCUT2D eigenvalue weighted by molar-refractivity contribution is 5.84. The summed E-state index contributed by atoms with van der Waals surface area (Å²) in [5, 5.41) is 7.81. The van der Waals surface area contributed by atoms with Gasteiger partial charge in [-0.1, -0.05) is 18.2 Å². The van der Waals surface area contributed by atoms with Crippen LogP contribution < -0.4 is 10.6 Å². The average molecular weight is 272 g/mol. The van der Waals surface area contributed by atoms with Gasteiger partial charge in [-0.2, -0.15) is 0 Å². The summed E-state index contributed by atoms with van der Waals surface area (Å²) >= 11 is 0. The summed E-state index contributed by atoms with van der Waals surface area (Å²) in [5.74, 6) is 0.896. The molecule has 20 heavy (non-hydrogen) atoms. The van der Waals surface area contributed by atoms with E-state index in [2.05, 4.69) is 65.6 Å². The van der Waals surface area contributed by atoms with Crippen LogP contribution in [0.5, 0.6) is 0 Å². The first-order valence-electron chi connectivity index (χ1n) is 7.34. The number of H-pyrrole nitrogens is 1. The molecule has 108 valence electrons. The third-order valence-electron chi connectivity index (χ3n) is 3.35. The molecule has 0 saturated heterocycles. The van der Waals surface area contributed by atoms with Crippen molar-refractivity contribution in [2.75, 3.05) is 19.6 Å². The molecule has 2 aromatic rings. The fourth-order valence-electron chi connectivity index (χ4n) is 2.45. The number of aliphatic imine (C=N–C) groups is 1. The normalized spacial score (nSPS) is 10.6. The molecule has 4 heteroatoms. The molecular weight excluding hydrogens is 248 g/mol. The van der Waals surface area contributed by atoms with E-state index in [1.54, 1.807) is 0 Å². The fourth-order valence-corrected chi connectivity index (χ4v) is 2.45. The highest BCUT2D eigenvalue weighted by atomic mass is 15.2. The van der Waals surface area contributed by atoms with Crippen LogP contribution in [-0.4, -0.2) is 30.6 Å². The quantitative estimate of drug-likeness (QED) is 0.579. The number of benzene rings is 1. The Labute approximate surface area is 120 Å². The standard InChI is InChI=1S/C16H24N4/c1-4-17-16(18-5-2)19-11-10-13-12(3)20-15-9-7-6-8-14(13)15/h6-9,20H,4-5,10-11H2,1-3H3,(H2,17,18,19). The predicted octanol–water partition coefficient (Wildman–Crippen LogP) is 2.59. The van der Waals surface area contributed by atoms with Crippen LogP contribution in [0.4, 0.5) is 0 Å². The lowest BCUT2D eigenvalue weighted by Gasteiger charge is -2.09. The van der Waals surface area contributed by atoms with Gasteiger partial charge in [0, 0.05) is 36.2 Å². The monoisotopic (exact) mass is 272 g/mol. The Morgan fingerprint density at radius 3 is 2.55 bits per heavy atom. The summed E-state index contributed by atoms with van der Waals surface area (Å²) in [7, 11) is 0. The van der Waals surface area contributed by atoms with E-state index >= 15 is 0 Å². The van der Waals surface area contributed by atoms with E-state index in [9.17, 15) is 0 Å². The van der Waals surface area contributed by atoms with Crippen LogP contribution in [0.3, 0.4) is 0 Å². The van der Waals surface area contributed by atoms with E-state index in [1.807, 2.05) is 0 Å². The van der Waals surface area contributed by atoms with E-state index in [4.69, 9.17) is 0 Å². The summed E-state index contributed by atoms with van der Waals surface area (Å²) in [6.45, 7) is 8.86. The molecule has 0 fully saturated rings. The van der Waals surface area contributed by atoms with Crippen molar-refractivity contribution in [3.63, 3.8) is 0 Å². The molecule has 0 aliphatic heterocycles. The van der Waals surface area contributed by atoms with Crippen molar-refractivity contribution in [1.82, 2.24) is 15.6 Å². The number of aryl methyl sites for hydroxylation is 1. The number of hydrogen-bond acceptors (Lipinski definition) is 1. The molecular formula is C16H24N4. The van der Waals surface area contributed by atoms with Gasteiger partial charge in [0.1, 0.15) is 0 Å². The highest BCUT2D eigenvalue weighted by Crippen LogP contribution is 2.22. The number of guanidine groups is 1. The van der Waals surface area contributed by atoms with Crippen molar-refractivity contribution < 1.29 is 0 Å². The highest BCUT2D eigenvalue weighted by Gasteiger charge is 2.07. The lowest BCUT2D eigenvalue weighted by molar-refractivity contribution is 0.833. The molecule has 1 aromatic heterocycles. The maximum atomic E-state index is 4.61. The summed E-state index contributed by atoms with van der Waals surface area (Å²) in [6, 6.07) is 8.45. The van der Waals surface area contributed by atoms with Gasteiger partial charge in [-0.15, -0.1) is 0 Å². The van der Waals surface area contributed by atoms with Gasteiger partial charge in [0.05, 0.1) is 0 Å². The largest absolute Gasteiger partial charge is 0.358 e. The molecule has 0 aliphatic rings. The Morgan fingerprint density at radius 2 is 1.85 bits per heavy atom. The Balaban J connectivity index is 2.08. The van der Waals surface area contributed by atoms with Gasteiger partial charge < -0.3 is 15.6 Å². The van der Waals surface area contributed by atoms with E-state index in [-0.39, 0.29) is 0 Å². The zero-order chi connectivity index (χ0) is 14.4. The molecule has 0 unspecified atom stereocenters. The van der Waals surface area contributed by atoms with Crippen molar-refractivity contribution in [2.24, 2.45) is 4.99 Å². The minimum atomic E-state index is 0.790. The maximum absolute atomic E-state index is 4.61. The number of aromatic amines is 1. The third-order valence-corrected chi connectivity index (χ3v) is 3.35. The molecule has 0 radical (unpaired) electrons. The molecule has 2 rings (SSSR count). The summed E-state index contributed by atoms with van der Waals surface area (Å²) in [4.78, 5) is 8.04. The average Bonchev–Trinajstić information content (AvgIpc) is 2.76. The topological polar surface area (TPSA) is 52.2 Å². The maximum Gasteiger partial charge on any atom is 0.191 e.